The van der Waals surface area contributed by atoms with Gasteiger partial charge >= 0.3 is 0 Å². The van der Waals surface area contributed by atoms with Crippen LogP contribution >= 0.6 is 11.3 Å². The van der Waals surface area contributed by atoms with Gasteiger partial charge in [0, 0.05) is 26.2 Å². The Morgan fingerprint density at radius 3 is 2.89 bits per heavy atom. The first-order chi connectivity index (χ1) is 12.9. The Morgan fingerprint density at radius 1 is 1.41 bits per heavy atom. The average Bonchev–Trinajstić information content (AvgIpc) is 3.08. The number of thiazole rings is 1. The zero-order chi connectivity index (χ0) is 19.6. The third-order valence-corrected chi connectivity index (χ3v) is 5.54. The molecule has 0 aliphatic carbocycles. The summed E-state index contributed by atoms with van der Waals surface area (Å²) in [6, 6.07) is 0.00673. The molecule has 1 saturated heterocycles. The molecule has 3 heterocycles. The second-order valence-electron chi connectivity index (χ2n) is 6.95. The summed E-state index contributed by atoms with van der Waals surface area (Å²) in [6.45, 7) is 5.02. The molecule has 10 heteroatoms. The molecule has 2 amide bonds. The van der Waals surface area contributed by atoms with Crippen LogP contribution in [-0.2, 0) is 16.1 Å². The summed E-state index contributed by atoms with van der Waals surface area (Å²) in [5, 5.41) is 6.14. The summed E-state index contributed by atoms with van der Waals surface area (Å²) in [5.74, 6) is -0.292. The van der Waals surface area contributed by atoms with Crippen molar-refractivity contribution in [2.45, 2.75) is 39.3 Å². The first-order valence-corrected chi connectivity index (χ1v) is 9.82. The van der Waals surface area contributed by atoms with E-state index < -0.39 is 0 Å². The highest BCUT2D eigenvalue weighted by Crippen LogP contribution is 2.29. The minimum absolute atomic E-state index is 0.00673. The maximum Gasteiger partial charge on any atom is 0.273 e. The molecule has 0 radical (unpaired) electrons. The third kappa shape index (κ3) is 4.26. The van der Waals surface area contributed by atoms with Crippen molar-refractivity contribution in [3.63, 3.8) is 0 Å². The largest absolute Gasteiger partial charge is 0.359 e. The smallest absolute Gasteiger partial charge is 0.273 e. The van der Waals surface area contributed by atoms with Gasteiger partial charge in [-0.25, -0.2) is 4.98 Å². The number of nitrogens with one attached hydrogen (secondary N) is 2. The molecule has 9 nitrogen and oxygen atoms in total. The van der Waals surface area contributed by atoms with Gasteiger partial charge in [-0.3, -0.25) is 19.0 Å². The summed E-state index contributed by atoms with van der Waals surface area (Å²) < 4.78 is 1.72. The van der Waals surface area contributed by atoms with Crippen LogP contribution in [-0.4, -0.2) is 52.5 Å². The lowest BCUT2D eigenvalue weighted by atomic mass is 9.98. The number of anilines is 1. The van der Waals surface area contributed by atoms with Crippen LogP contribution in [0.3, 0.4) is 0 Å². The van der Waals surface area contributed by atoms with Crippen LogP contribution in [0.4, 0.5) is 5.13 Å². The quantitative estimate of drug-likeness (QED) is 0.759. The van der Waals surface area contributed by atoms with E-state index in [1.165, 1.54) is 22.2 Å². The predicted octanol–water partition coefficient (Wildman–Crippen LogP) is 0.340. The van der Waals surface area contributed by atoms with E-state index in [9.17, 15) is 14.4 Å². The molecule has 2 N–H and O–H groups in total. The van der Waals surface area contributed by atoms with Crippen LogP contribution in [0.1, 0.15) is 26.7 Å². The number of fused-ring (bicyclic) bond motifs is 1. The maximum absolute atomic E-state index is 12.7. The molecule has 0 aromatic carbocycles. The summed E-state index contributed by atoms with van der Waals surface area (Å²) in [6.07, 6.45) is 3.09. The van der Waals surface area contributed by atoms with Crippen LogP contribution in [0.15, 0.2) is 11.1 Å². The van der Waals surface area contributed by atoms with E-state index >= 15 is 0 Å². The van der Waals surface area contributed by atoms with E-state index in [0.717, 1.165) is 19.4 Å². The molecule has 2 aromatic rings. The molecular formula is C17H24N6O3S. The first kappa shape index (κ1) is 19.3. The van der Waals surface area contributed by atoms with Gasteiger partial charge in [0.2, 0.25) is 11.8 Å². The maximum atomic E-state index is 12.7. The van der Waals surface area contributed by atoms with Crippen molar-refractivity contribution in [3.05, 3.63) is 16.7 Å². The molecule has 1 unspecified atom stereocenters. The molecule has 3 rings (SSSR count). The van der Waals surface area contributed by atoms with Crippen molar-refractivity contribution in [1.29, 1.82) is 0 Å². The zero-order valence-corrected chi connectivity index (χ0v) is 16.5. The molecule has 1 aliphatic rings. The Hall–Kier alpha value is -2.49. The Bertz CT molecular complexity index is 906. The van der Waals surface area contributed by atoms with E-state index in [-0.39, 0.29) is 35.9 Å². The molecule has 0 saturated carbocycles. The molecule has 0 bridgehead atoms. The lowest BCUT2D eigenvalue weighted by molar-refractivity contribution is -0.124. The molecule has 1 fully saturated rings. The van der Waals surface area contributed by atoms with Gasteiger partial charge in [0.25, 0.3) is 5.56 Å². The van der Waals surface area contributed by atoms with Gasteiger partial charge in [-0.05, 0) is 26.7 Å². The molecular weight excluding hydrogens is 368 g/mol. The number of amides is 2. The van der Waals surface area contributed by atoms with Crippen LogP contribution in [0.25, 0.3) is 10.3 Å². The monoisotopic (exact) mass is 392 g/mol. The number of carbonyl (C=O) groups is 2. The SMILES string of the molecule is CNC(=O)C1CCCN(c2nc3ncn(CC(=O)NC(C)C)c(=O)c3s2)C1. The number of aromatic nitrogens is 3. The van der Waals surface area contributed by atoms with E-state index in [1.807, 2.05) is 18.7 Å². The fourth-order valence-electron chi connectivity index (χ4n) is 3.17. The minimum Gasteiger partial charge on any atom is -0.359 e. The zero-order valence-electron chi connectivity index (χ0n) is 15.7. The van der Waals surface area contributed by atoms with Gasteiger partial charge in [0.1, 0.15) is 17.6 Å². The second kappa shape index (κ2) is 8.03. The van der Waals surface area contributed by atoms with Crippen molar-refractivity contribution >= 4 is 38.6 Å². The standard InChI is InChI=1S/C17H24N6O3S/c1-10(2)20-12(24)8-23-9-19-14-13(16(23)26)27-17(21-14)22-6-4-5-11(7-22)15(25)18-3/h9-11H,4-8H2,1-3H3,(H,18,25)(H,20,24). The lowest BCUT2D eigenvalue weighted by Crippen LogP contribution is -2.42. The second-order valence-corrected chi connectivity index (χ2v) is 7.93. The highest BCUT2D eigenvalue weighted by Gasteiger charge is 2.27. The molecule has 146 valence electrons. The highest BCUT2D eigenvalue weighted by atomic mass is 32.1. The van der Waals surface area contributed by atoms with E-state index in [0.29, 0.717) is 22.0 Å². The van der Waals surface area contributed by atoms with Gasteiger partial charge in [-0.2, -0.15) is 4.98 Å². The summed E-state index contributed by atoms with van der Waals surface area (Å²) in [7, 11) is 1.64. The van der Waals surface area contributed by atoms with Gasteiger partial charge in [0.15, 0.2) is 10.8 Å². The van der Waals surface area contributed by atoms with Crippen molar-refractivity contribution < 1.29 is 9.59 Å². The van der Waals surface area contributed by atoms with E-state index in [4.69, 9.17) is 0 Å². The van der Waals surface area contributed by atoms with Crippen molar-refractivity contribution in [2.75, 3.05) is 25.0 Å². The van der Waals surface area contributed by atoms with Crippen LogP contribution < -0.4 is 21.1 Å². The first-order valence-electron chi connectivity index (χ1n) is 9.01. The molecule has 27 heavy (non-hydrogen) atoms. The Balaban J connectivity index is 1.83. The van der Waals surface area contributed by atoms with Gasteiger partial charge in [-0.15, -0.1) is 0 Å². The number of carbonyl (C=O) groups excluding carboxylic acids is 2. The minimum atomic E-state index is -0.275. The van der Waals surface area contributed by atoms with Crippen molar-refractivity contribution in [2.24, 2.45) is 5.92 Å². The van der Waals surface area contributed by atoms with Gasteiger partial charge in [0.05, 0.1) is 5.92 Å². The van der Waals surface area contributed by atoms with Crippen LogP contribution in [0.2, 0.25) is 0 Å². The fourth-order valence-corrected chi connectivity index (χ4v) is 4.18. The Morgan fingerprint density at radius 2 is 2.19 bits per heavy atom. The molecule has 2 aromatic heterocycles. The third-order valence-electron chi connectivity index (χ3n) is 4.45. The molecule has 0 spiro atoms. The van der Waals surface area contributed by atoms with Crippen LogP contribution in [0, 0.1) is 5.92 Å². The number of hydrogen-bond acceptors (Lipinski definition) is 7. The topological polar surface area (TPSA) is 109 Å². The Labute approximate surface area is 160 Å². The molecule has 1 atom stereocenters. The van der Waals surface area contributed by atoms with E-state index in [1.54, 1.807) is 7.05 Å². The van der Waals surface area contributed by atoms with E-state index in [2.05, 4.69) is 20.6 Å². The fraction of sp³-hybridized carbons (Fsp3) is 0.588. The number of nitrogens with zero attached hydrogens (tertiary/aromatic N) is 4. The normalized spacial score (nSPS) is 17.3. The summed E-state index contributed by atoms with van der Waals surface area (Å²) >= 11 is 1.26. The summed E-state index contributed by atoms with van der Waals surface area (Å²) in [4.78, 5) is 47.3. The highest BCUT2D eigenvalue weighted by molar-refractivity contribution is 7.22. The average molecular weight is 392 g/mol. The summed E-state index contributed by atoms with van der Waals surface area (Å²) in [5.41, 5.74) is 0.102. The lowest BCUT2D eigenvalue weighted by Gasteiger charge is -2.31. The van der Waals surface area contributed by atoms with Crippen LogP contribution in [0.5, 0.6) is 0 Å². The number of rotatable bonds is 5. The number of piperidine rings is 1. The predicted molar refractivity (Wildman–Crippen MR) is 104 cm³/mol. The van der Waals surface area contributed by atoms with Crippen molar-refractivity contribution in [3.8, 4) is 0 Å². The Kier molecular flexibility index (Phi) is 5.73. The molecule has 1 aliphatic heterocycles. The van der Waals surface area contributed by atoms with Gasteiger partial charge in [-0.1, -0.05) is 11.3 Å². The van der Waals surface area contributed by atoms with Gasteiger partial charge < -0.3 is 15.5 Å². The number of hydrogen-bond donors (Lipinski definition) is 2. The van der Waals surface area contributed by atoms with Crippen molar-refractivity contribution in [1.82, 2.24) is 25.2 Å².